The molecule has 0 aliphatic heterocycles. The van der Waals surface area contributed by atoms with Crippen molar-refractivity contribution >= 4 is 64.6 Å². The first kappa shape index (κ1) is 29.0. The van der Waals surface area contributed by atoms with Crippen molar-refractivity contribution < 1.29 is 0 Å². The van der Waals surface area contributed by atoms with Crippen molar-refractivity contribution in [3.8, 4) is 44.5 Å². The molecule has 0 saturated heterocycles. The lowest BCUT2D eigenvalue weighted by Gasteiger charge is -2.22. The minimum atomic E-state index is 1.22. The molecule has 0 amide bonds. The fourth-order valence-corrected chi connectivity index (χ4v) is 8.81. The summed E-state index contributed by atoms with van der Waals surface area (Å²) in [6.07, 6.45) is 0. The Bertz CT molecular complexity index is 3120. The second-order valence-corrected chi connectivity index (χ2v) is 14.0. The normalized spacial score (nSPS) is 11.8. The van der Waals surface area contributed by atoms with Gasteiger partial charge in [0.15, 0.2) is 0 Å². The Labute approximate surface area is 302 Å². The highest BCUT2D eigenvalue weighted by atomic mass is 14.2. The van der Waals surface area contributed by atoms with Gasteiger partial charge < -0.3 is 0 Å². The molecule has 52 heavy (non-hydrogen) atoms. The van der Waals surface area contributed by atoms with E-state index in [2.05, 4.69) is 194 Å². The summed E-state index contributed by atoms with van der Waals surface area (Å²) in [6, 6.07) is 71.9. The van der Waals surface area contributed by atoms with Gasteiger partial charge in [0.05, 0.1) is 0 Å². The molecular weight excluding hydrogens is 625 g/mol. The van der Waals surface area contributed by atoms with Gasteiger partial charge in [0.2, 0.25) is 0 Å². The minimum Gasteiger partial charge on any atom is -0.0622 e. The zero-order valence-electron chi connectivity index (χ0n) is 28.5. The maximum Gasteiger partial charge on any atom is -0.00132 e. The topological polar surface area (TPSA) is 0 Å². The van der Waals surface area contributed by atoms with E-state index in [9.17, 15) is 0 Å². The Morgan fingerprint density at radius 2 is 0.673 bits per heavy atom. The first-order chi connectivity index (χ1) is 25.8. The molecule has 0 spiro atoms. The highest BCUT2D eigenvalue weighted by molar-refractivity contribution is 6.42. The van der Waals surface area contributed by atoms with Crippen LogP contribution in [0.1, 0.15) is 0 Å². The predicted molar refractivity (Wildman–Crippen MR) is 224 cm³/mol. The molecule has 0 bridgehead atoms. The van der Waals surface area contributed by atoms with Crippen molar-refractivity contribution in [2.45, 2.75) is 0 Å². The molecule has 11 aromatic carbocycles. The summed E-state index contributed by atoms with van der Waals surface area (Å²) in [5.41, 5.74) is 9.87. The van der Waals surface area contributed by atoms with Gasteiger partial charge in [0.1, 0.15) is 0 Å². The molecule has 11 rings (SSSR count). The third-order valence-corrected chi connectivity index (χ3v) is 11.1. The number of hydrogen-bond acceptors (Lipinski definition) is 0. The molecule has 0 N–H and O–H groups in total. The van der Waals surface area contributed by atoms with E-state index >= 15 is 0 Å². The van der Waals surface area contributed by atoms with Crippen LogP contribution in [0, 0.1) is 0 Å². The van der Waals surface area contributed by atoms with Crippen LogP contribution in [0.2, 0.25) is 0 Å². The van der Waals surface area contributed by atoms with Gasteiger partial charge in [-0.05, 0) is 146 Å². The average molecular weight is 657 g/mol. The van der Waals surface area contributed by atoms with Crippen LogP contribution >= 0.6 is 0 Å². The van der Waals surface area contributed by atoms with E-state index < -0.39 is 0 Å². The molecule has 240 valence electrons. The molecule has 11 aromatic rings. The number of rotatable bonds is 4. The van der Waals surface area contributed by atoms with Gasteiger partial charge in [0.25, 0.3) is 0 Å². The number of benzene rings is 11. The summed E-state index contributed by atoms with van der Waals surface area (Å²) in [4.78, 5) is 0. The standard InChI is InChI=1S/C52H32/c1-5-15-33(16-6-1)38-28-43(36-21-11-4-12-22-36)44-32-48-40-24-14-13-23-37(40)27-46-42-26-25-41(35-19-9-3-10-20-35)45-29-39(34-17-7-2-8-18-34)31-49(50(42)45)52(51(46)48)47(44)30-38/h1-32H. The van der Waals surface area contributed by atoms with E-state index in [0.717, 1.165) is 0 Å². The predicted octanol–water partition coefficient (Wildman–Crippen LogP) is 14.7. The highest BCUT2D eigenvalue weighted by Gasteiger charge is 2.22. The van der Waals surface area contributed by atoms with E-state index in [4.69, 9.17) is 0 Å². The highest BCUT2D eigenvalue weighted by Crippen LogP contribution is 2.50. The second-order valence-electron chi connectivity index (χ2n) is 14.0. The van der Waals surface area contributed by atoms with Crippen LogP contribution in [0.4, 0.5) is 0 Å². The lowest BCUT2D eigenvalue weighted by molar-refractivity contribution is 1.62. The maximum absolute atomic E-state index is 2.48. The quantitative estimate of drug-likeness (QED) is 0.131. The van der Waals surface area contributed by atoms with E-state index in [1.165, 1.54) is 109 Å². The smallest absolute Gasteiger partial charge is 0.00132 e. The Hall–Kier alpha value is -6.76. The largest absolute Gasteiger partial charge is 0.0622 e. The van der Waals surface area contributed by atoms with Crippen molar-refractivity contribution in [2.24, 2.45) is 0 Å². The van der Waals surface area contributed by atoms with E-state index in [-0.39, 0.29) is 0 Å². The molecule has 0 aliphatic rings. The summed E-state index contributed by atoms with van der Waals surface area (Å²) in [5, 5.41) is 15.6. The molecular formula is C52H32. The van der Waals surface area contributed by atoms with Gasteiger partial charge in [-0.1, -0.05) is 158 Å². The van der Waals surface area contributed by atoms with Gasteiger partial charge in [-0.15, -0.1) is 0 Å². The second kappa shape index (κ2) is 11.4. The molecule has 0 heterocycles. The monoisotopic (exact) mass is 656 g/mol. The summed E-state index contributed by atoms with van der Waals surface area (Å²) in [7, 11) is 0. The molecule has 0 fully saturated rings. The van der Waals surface area contributed by atoms with Crippen molar-refractivity contribution in [1.82, 2.24) is 0 Å². The lowest BCUT2D eigenvalue weighted by Crippen LogP contribution is -1.94. The van der Waals surface area contributed by atoms with Crippen molar-refractivity contribution in [3.63, 3.8) is 0 Å². The Morgan fingerprint density at radius 1 is 0.192 bits per heavy atom. The Morgan fingerprint density at radius 3 is 1.35 bits per heavy atom. The average Bonchev–Trinajstić information content (AvgIpc) is 3.22. The van der Waals surface area contributed by atoms with Crippen LogP contribution in [0.3, 0.4) is 0 Å². The van der Waals surface area contributed by atoms with Gasteiger partial charge >= 0.3 is 0 Å². The van der Waals surface area contributed by atoms with E-state index in [0.29, 0.717) is 0 Å². The van der Waals surface area contributed by atoms with Crippen LogP contribution in [-0.4, -0.2) is 0 Å². The SMILES string of the molecule is c1ccc(-c2cc(-c3ccccc3)c3cc4c5ccccc5cc5c6ccc(-c7ccccc7)c7cc(-c8ccccc8)cc(c76)c(c3c2)c45)cc1. The molecule has 0 nitrogen and oxygen atoms in total. The molecule has 0 aliphatic carbocycles. The van der Waals surface area contributed by atoms with Crippen LogP contribution in [0.25, 0.3) is 109 Å². The molecule has 0 aromatic heterocycles. The van der Waals surface area contributed by atoms with Crippen LogP contribution in [0.15, 0.2) is 194 Å². The van der Waals surface area contributed by atoms with Gasteiger partial charge in [-0.3, -0.25) is 0 Å². The van der Waals surface area contributed by atoms with E-state index in [1.54, 1.807) is 0 Å². The van der Waals surface area contributed by atoms with Crippen molar-refractivity contribution in [3.05, 3.63) is 194 Å². The molecule has 0 heteroatoms. The van der Waals surface area contributed by atoms with Crippen LogP contribution in [0.5, 0.6) is 0 Å². The number of hydrogen-bond donors (Lipinski definition) is 0. The van der Waals surface area contributed by atoms with Crippen molar-refractivity contribution in [2.75, 3.05) is 0 Å². The maximum atomic E-state index is 2.48. The first-order valence-corrected chi connectivity index (χ1v) is 18.1. The van der Waals surface area contributed by atoms with Gasteiger partial charge in [-0.2, -0.15) is 0 Å². The summed E-state index contributed by atoms with van der Waals surface area (Å²) < 4.78 is 0. The zero-order chi connectivity index (χ0) is 34.2. The van der Waals surface area contributed by atoms with Crippen LogP contribution < -0.4 is 0 Å². The lowest BCUT2D eigenvalue weighted by atomic mass is 9.81. The number of fused-ring (bicyclic) bond motifs is 6. The third kappa shape index (κ3) is 4.35. The fraction of sp³-hybridized carbons (Fsp3) is 0. The molecule has 0 radical (unpaired) electrons. The molecule has 0 atom stereocenters. The Balaban J connectivity index is 1.44. The van der Waals surface area contributed by atoms with Crippen LogP contribution in [-0.2, 0) is 0 Å². The summed E-state index contributed by atoms with van der Waals surface area (Å²) in [5.74, 6) is 0. The first-order valence-electron chi connectivity index (χ1n) is 18.1. The fourth-order valence-electron chi connectivity index (χ4n) is 8.81. The third-order valence-electron chi connectivity index (χ3n) is 11.1. The summed E-state index contributed by atoms with van der Waals surface area (Å²) >= 11 is 0. The van der Waals surface area contributed by atoms with E-state index in [1.807, 2.05) is 0 Å². The van der Waals surface area contributed by atoms with Gasteiger partial charge in [-0.25, -0.2) is 0 Å². The molecule has 0 saturated carbocycles. The molecule has 0 unspecified atom stereocenters. The summed E-state index contributed by atoms with van der Waals surface area (Å²) in [6.45, 7) is 0. The van der Waals surface area contributed by atoms with Crippen molar-refractivity contribution in [1.29, 1.82) is 0 Å². The zero-order valence-corrected chi connectivity index (χ0v) is 28.5. The minimum absolute atomic E-state index is 1.22. The Kier molecular flexibility index (Phi) is 6.35. The van der Waals surface area contributed by atoms with Gasteiger partial charge in [0, 0.05) is 0 Å².